The quantitative estimate of drug-likeness (QED) is 0.693. The Balaban J connectivity index is 1.39. The van der Waals surface area contributed by atoms with E-state index < -0.39 is 0 Å². The second-order valence-corrected chi connectivity index (χ2v) is 9.45. The zero-order valence-corrected chi connectivity index (χ0v) is 19.1. The van der Waals surface area contributed by atoms with Crippen molar-refractivity contribution in [1.29, 1.82) is 0 Å². The fourth-order valence-corrected chi connectivity index (χ4v) is 5.34. The van der Waals surface area contributed by atoms with E-state index in [4.69, 9.17) is 16.3 Å². The first-order chi connectivity index (χ1) is 15.1. The van der Waals surface area contributed by atoms with E-state index in [1.165, 1.54) is 19.3 Å². The van der Waals surface area contributed by atoms with Crippen molar-refractivity contribution in [2.75, 3.05) is 45.9 Å². The van der Waals surface area contributed by atoms with Crippen LogP contribution in [-0.4, -0.2) is 84.5 Å². The number of carbonyl (C=O) groups excluding carboxylic acids is 2. The third-order valence-electron chi connectivity index (χ3n) is 6.95. The SMILES string of the molecule is O=C(c1ccc(Cl)cc1)N1CCC(N(C(=O)CN2CCOCC2)C2CCCCC2)CC1. The Kier molecular flexibility index (Phi) is 7.86. The summed E-state index contributed by atoms with van der Waals surface area (Å²) in [5.74, 6) is 0.315. The van der Waals surface area contributed by atoms with E-state index in [9.17, 15) is 9.59 Å². The van der Waals surface area contributed by atoms with Gasteiger partial charge in [-0.3, -0.25) is 14.5 Å². The minimum Gasteiger partial charge on any atom is -0.379 e. The van der Waals surface area contributed by atoms with Crippen molar-refractivity contribution in [3.8, 4) is 0 Å². The Morgan fingerprint density at radius 2 is 1.52 bits per heavy atom. The van der Waals surface area contributed by atoms with Gasteiger partial charge in [0, 0.05) is 48.8 Å². The molecule has 0 radical (unpaired) electrons. The van der Waals surface area contributed by atoms with Gasteiger partial charge in [0.15, 0.2) is 0 Å². The molecule has 31 heavy (non-hydrogen) atoms. The van der Waals surface area contributed by atoms with Gasteiger partial charge in [0.05, 0.1) is 19.8 Å². The second kappa shape index (κ2) is 10.8. The molecule has 170 valence electrons. The monoisotopic (exact) mass is 447 g/mol. The van der Waals surface area contributed by atoms with E-state index in [0.717, 1.165) is 38.8 Å². The van der Waals surface area contributed by atoms with Crippen LogP contribution in [0.25, 0.3) is 0 Å². The van der Waals surface area contributed by atoms with Gasteiger partial charge in [0.25, 0.3) is 5.91 Å². The van der Waals surface area contributed by atoms with Crippen molar-refractivity contribution in [3.05, 3.63) is 34.9 Å². The molecule has 2 aliphatic heterocycles. The van der Waals surface area contributed by atoms with Crippen molar-refractivity contribution in [1.82, 2.24) is 14.7 Å². The number of hydrogen-bond acceptors (Lipinski definition) is 4. The van der Waals surface area contributed by atoms with Crippen molar-refractivity contribution >= 4 is 23.4 Å². The number of piperidine rings is 1. The van der Waals surface area contributed by atoms with Gasteiger partial charge in [-0.15, -0.1) is 0 Å². The number of halogens is 1. The lowest BCUT2D eigenvalue weighted by molar-refractivity contribution is -0.140. The summed E-state index contributed by atoms with van der Waals surface area (Å²) < 4.78 is 5.44. The Labute approximate surface area is 190 Å². The summed E-state index contributed by atoms with van der Waals surface area (Å²) in [7, 11) is 0. The zero-order chi connectivity index (χ0) is 21.6. The van der Waals surface area contributed by atoms with Crippen LogP contribution in [0.5, 0.6) is 0 Å². The number of rotatable bonds is 5. The topological polar surface area (TPSA) is 53.1 Å². The highest BCUT2D eigenvalue weighted by Gasteiger charge is 2.35. The van der Waals surface area contributed by atoms with Crippen LogP contribution < -0.4 is 0 Å². The molecule has 3 fully saturated rings. The molecule has 0 aromatic heterocycles. The lowest BCUT2D eigenvalue weighted by Gasteiger charge is -2.44. The molecule has 1 aromatic carbocycles. The molecule has 6 nitrogen and oxygen atoms in total. The van der Waals surface area contributed by atoms with Crippen LogP contribution in [0.4, 0.5) is 0 Å². The summed E-state index contributed by atoms with van der Waals surface area (Å²) in [5, 5.41) is 0.636. The molecule has 1 saturated carbocycles. The van der Waals surface area contributed by atoms with Crippen LogP contribution >= 0.6 is 11.6 Å². The largest absolute Gasteiger partial charge is 0.379 e. The predicted molar refractivity (Wildman–Crippen MR) is 121 cm³/mol. The van der Waals surface area contributed by atoms with Gasteiger partial charge in [-0.2, -0.15) is 0 Å². The second-order valence-electron chi connectivity index (χ2n) is 9.01. The minimum atomic E-state index is 0.0546. The van der Waals surface area contributed by atoms with Crippen molar-refractivity contribution < 1.29 is 14.3 Å². The molecule has 2 heterocycles. The van der Waals surface area contributed by atoms with E-state index in [1.807, 2.05) is 4.90 Å². The molecule has 2 saturated heterocycles. The number of hydrogen-bond donors (Lipinski definition) is 0. The molecule has 4 rings (SSSR count). The van der Waals surface area contributed by atoms with E-state index in [-0.39, 0.29) is 17.9 Å². The number of nitrogens with zero attached hydrogens (tertiary/aromatic N) is 3. The van der Waals surface area contributed by atoms with E-state index in [2.05, 4.69) is 9.80 Å². The number of benzene rings is 1. The maximum absolute atomic E-state index is 13.4. The summed E-state index contributed by atoms with van der Waals surface area (Å²) >= 11 is 5.96. The molecule has 0 atom stereocenters. The Bertz CT molecular complexity index is 737. The molecular formula is C24H34ClN3O3. The van der Waals surface area contributed by atoms with Crippen LogP contribution in [-0.2, 0) is 9.53 Å². The molecule has 1 aliphatic carbocycles. The van der Waals surface area contributed by atoms with Gasteiger partial charge in [-0.05, 0) is 49.9 Å². The number of amides is 2. The summed E-state index contributed by atoms with van der Waals surface area (Å²) in [5.41, 5.74) is 0.676. The van der Waals surface area contributed by atoms with Crippen LogP contribution in [0, 0.1) is 0 Å². The normalized spacial score (nSPS) is 21.8. The zero-order valence-electron chi connectivity index (χ0n) is 18.3. The molecular weight excluding hydrogens is 414 g/mol. The highest BCUT2D eigenvalue weighted by atomic mass is 35.5. The van der Waals surface area contributed by atoms with Crippen LogP contribution in [0.2, 0.25) is 5.02 Å². The highest BCUT2D eigenvalue weighted by Crippen LogP contribution is 2.29. The van der Waals surface area contributed by atoms with Crippen molar-refractivity contribution in [2.45, 2.75) is 57.0 Å². The van der Waals surface area contributed by atoms with Crippen LogP contribution in [0.15, 0.2) is 24.3 Å². The Hall–Kier alpha value is -1.63. The Morgan fingerprint density at radius 1 is 0.903 bits per heavy atom. The van der Waals surface area contributed by atoms with Gasteiger partial charge in [0.1, 0.15) is 0 Å². The number of carbonyl (C=O) groups is 2. The first-order valence-corrected chi connectivity index (χ1v) is 12.2. The average Bonchev–Trinajstić information content (AvgIpc) is 2.81. The lowest BCUT2D eigenvalue weighted by Crippen LogP contribution is -2.55. The van der Waals surface area contributed by atoms with E-state index in [0.29, 0.717) is 49.5 Å². The number of morpholine rings is 1. The standard InChI is InChI=1S/C24H34ClN3O3/c25-20-8-6-19(7-9-20)24(30)27-12-10-22(11-13-27)28(21-4-2-1-3-5-21)23(29)18-26-14-16-31-17-15-26/h6-9,21-22H,1-5,10-18H2. The summed E-state index contributed by atoms with van der Waals surface area (Å²) in [4.78, 5) is 32.7. The third-order valence-corrected chi connectivity index (χ3v) is 7.21. The molecule has 2 amide bonds. The predicted octanol–water partition coefficient (Wildman–Crippen LogP) is 3.44. The van der Waals surface area contributed by atoms with Crippen LogP contribution in [0.3, 0.4) is 0 Å². The van der Waals surface area contributed by atoms with E-state index >= 15 is 0 Å². The summed E-state index contributed by atoms with van der Waals surface area (Å²) in [6.07, 6.45) is 7.61. The lowest BCUT2D eigenvalue weighted by atomic mass is 9.91. The summed E-state index contributed by atoms with van der Waals surface area (Å²) in [6, 6.07) is 7.68. The molecule has 1 aromatic rings. The molecule has 7 heteroatoms. The average molecular weight is 448 g/mol. The van der Waals surface area contributed by atoms with Gasteiger partial charge < -0.3 is 14.5 Å². The van der Waals surface area contributed by atoms with Crippen molar-refractivity contribution in [2.24, 2.45) is 0 Å². The first-order valence-electron chi connectivity index (χ1n) is 11.8. The fourth-order valence-electron chi connectivity index (χ4n) is 5.22. The van der Waals surface area contributed by atoms with E-state index in [1.54, 1.807) is 24.3 Å². The molecule has 3 aliphatic rings. The van der Waals surface area contributed by atoms with Gasteiger partial charge in [0.2, 0.25) is 5.91 Å². The molecule has 0 unspecified atom stereocenters. The number of likely N-dealkylation sites (tertiary alicyclic amines) is 1. The maximum Gasteiger partial charge on any atom is 0.253 e. The van der Waals surface area contributed by atoms with Crippen LogP contribution in [0.1, 0.15) is 55.3 Å². The molecule has 0 bridgehead atoms. The number of ether oxygens (including phenoxy) is 1. The van der Waals surface area contributed by atoms with Gasteiger partial charge in [-0.1, -0.05) is 30.9 Å². The minimum absolute atomic E-state index is 0.0546. The Morgan fingerprint density at radius 3 is 2.16 bits per heavy atom. The fraction of sp³-hybridized carbons (Fsp3) is 0.667. The smallest absolute Gasteiger partial charge is 0.253 e. The van der Waals surface area contributed by atoms with Crippen molar-refractivity contribution in [3.63, 3.8) is 0 Å². The molecule has 0 spiro atoms. The summed E-state index contributed by atoms with van der Waals surface area (Å²) in [6.45, 7) is 4.96. The third kappa shape index (κ3) is 5.79. The highest BCUT2D eigenvalue weighted by molar-refractivity contribution is 6.30. The van der Waals surface area contributed by atoms with Gasteiger partial charge >= 0.3 is 0 Å². The molecule has 0 N–H and O–H groups in total. The van der Waals surface area contributed by atoms with Gasteiger partial charge in [-0.25, -0.2) is 0 Å². The first kappa shape index (κ1) is 22.6. The maximum atomic E-state index is 13.4.